The third-order valence-electron chi connectivity index (χ3n) is 3.18. The van der Waals surface area contributed by atoms with E-state index in [1.807, 2.05) is 0 Å². The van der Waals surface area contributed by atoms with Crippen molar-refractivity contribution in [3.05, 3.63) is 60.6 Å². The topological polar surface area (TPSA) is 71.0 Å². The Labute approximate surface area is 151 Å². The van der Waals surface area contributed by atoms with Crippen molar-refractivity contribution >= 4 is 34.4 Å². The molecule has 1 aromatic carbocycles. The minimum absolute atomic E-state index is 0.266. The molecule has 1 heterocycles. The Morgan fingerprint density at radius 1 is 1.32 bits per heavy atom. The molecule has 1 saturated heterocycles. The van der Waals surface area contributed by atoms with Crippen LogP contribution in [0.25, 0.3) is 0 Å². The lowest BCUT2D eigenvalue weighted by Crippen LogP contribution is -2.29. The Hall–Kier alpha value is -2.80. The fourth-order valence-electron chi connectivity index (χ4n) is 2.03. The monoisotopic (exact) mass is 357 g/mol. The van der Waals surface area contributed by atoms with Crippen LogP contribution in [0.15, 0.2) is 65.5 Å². The molecule has 0 unspecified atom stereocenters. The lowest BCUT2D eigenvalue weighted by molar-refractivity contribution is -0.122. The second kappa shape index (κ2) is 8.89. The summed E-state index contributed by atoms with van der Waals surface area (Å²) in [5.41, 5.74) is 0.613. The number of hydrogen-bond acceptors (Lipinski definition) is 5. The van der Waals surface area contributed by atoms with Crippen LogP contribution in [0.1, 0.15) is 0 Å². The van der Waals surface area contributed by atoms with Gasteiger partial charge in [-0.25, -0.2) is 0 Å². The summed E-state index contributed by atoms with van der Waals surface area (Å²) >= 11 is 1.16. The number of carbonyl (C=O) groups is 2. The summed E-state index contributed by atoms with van der Waals surface area (Å²) < 4.78 is 5.07. The van der Waals surface area contributed by atoms with Gasteiger partial charge in [-0.1, -0.05) is 12.2 Å². The first-order valence-electron chi connectivity index (χ1n) is 7.51. The van der Waals surface area contributed by atoms with E-state index in [-0.39, 0.29) is 11.8 Å². The molecule has 6 nitrogen and oxygen atoms in total. The maximum Gasteiger partial charge on any atom is 0.267 e. The second-order valence-corrected chi connectivity index (χ2v) is 5.95. The number of amidine groups is 1. The lowest BCUT2D eigenvalue weighted by Gasteiger charge is -2.12. The summed E-state index contributed by atoms with van der Waals surface area (Å²) in [4.78, 5) is 30.7. The Bertz CT molecular complexity index is 738. The number of rotatable bonds is 7. The molecular weight excluding hydrogens is 338 g/mol. The van der Waals surface area contributed by atoms with Gasteiger partial charge in [0.15, 0.2) is 5.17 Å². The van der Waals surface area contributed by atoms with Crippen LogP contribution in [0.3, 0.4) is 0 Å². The molecule has 25 heavy (non-hydrogen) atoms. The third-order valence-corrected chi connectivity index (χ3v) is 4.22. The van der Waals surface area contributed by atoms with Crippen LogP contribution in [-0.4, -0.2) is 42.1 Å². The third kappa shape index (κ3) is 4.84. The zero-order chi connectivity index (χ0) is 18.2. The number of carbonyl (C=O) groups excluding carboxylic acids is 2. The van der Waals surface area contributed by atoms with Crippen LogP contribution in [-0.2, 0) is 9.59 Å². The molecule has 0 bridgehead atoms. The Morgan fingerprint density at radius 3 is 2.64 bits per heavy atom. The fourth-order valence-corrected chi connectivity index (χ4v) is 3.00. The van der Waals surface area contributed by atoms with Gasteiger partial charge in [0.1, 0.15) is 5.75 Å². The van der Waals surface area contributed by atoms with Gasteiger partial charge in [0.25, 0.3) is 5.91 Å². The molecule has 1 N–H and O–H groups in total. The van der Waals surface area contributed by atoms with Gasteiger partial charge >= 0.3 is 0 Å². The molecule has 0 aromatic heterocycles. The van der Waals surface area contributed by atoms with Gasteiger partial charge < -0.3 is 10.1 Å². The largest absolute Gasteiger partial charge is 0.497 e. The summed E-state index contributed by atoms with van der Waals surface area (Å²) in [5, 5.41) is 3.25. The molecule has 0 spiro atoms. The van der Waals surface area contributed by atoms with Crippen molar-refractivity contribution < 1.29 is 14.3 Å². The van der Waals surface area contributed by atoms with Crippen molar-refractivity contribution in [2.24, 2.45) is 4.99 Å². The van der Waals surface area contributed by atoms with Crippen LogP contribution in [0.5, 0.6) is 5.75 Å². The predicted molar refractivity (Wildman–Crippen MR) is 102 cm³/mol. The number of amides is 2. The van der Waals surface area contributed by atoms with Gasteiger partial charge in [-0.15, -0.1) is 13.2 Å². The maximum absolute atomic E-state index is 12.4. The van der Waals surface area contributed by atoms with E-state index in [0.717, 1.165) is 11.8 Å². The summed E-state index contributed by atoms with van der Waals surface area (Å²) in [6.45, 7) is 7.98. The molecule has 1 aromatic rings. The van der Waals surface area contributed by atoms with E-state index in [4.69, 9.17) is 4.74 Å². The van der Waals surface area contributed by atoms with Gasteiger partial charge in [0, 0.05) is 18.3 Å². The number of anilines is 1. The first-order chi connectivity index (χ1) is 12.1. The van der Waals surface area contributed by atoms with E-state index in [0.29, 0.717) is 34.6 Å². The molecule has 130 valence electrons. The van der Waals surface area contributed by atoms with E-state index in [9.17, 15) is 9.59 Å². The average molecular weight is 357 g/mol. The number of thioether (sulfide) groups is 1. The maximum atomic E-state index is 12.4. The lowest BCUT2D eigenvalue weighted by atomic mass is 10.3. The molecule has 0 aliphatic carbocycles. The molecule has 1 fully saturated rings. The van der Waals surface area contributed by atoms with Crippen molar-refractivity contribution in [2.45, 2.75) is 0 Å². The smallest absolute Gasteiger partial charge is 0.267 e. The van der Waals surface area contributed by atoms with Crippen molar-refractivity contribution in [1.29, 1.82) is 0 Å². The number of ether oxygens (including phenoxy) is 1. The molecule has 1 aliphatic rings. The Kier molecular flexibility index (Phi) is 6.59. The quantitative estimate of drug-likeness (QED) is 0.602. The molecular formula is C18H19N3O3S. The van der Waals surface area contributed by atoms with Gasteiger partial charge in [-0.2, -0.15) is 0 Å². The van der Waals surface area contributed by atoms with Crippen LogP contribution < -0.4 is 10.1 Å². The standard InChI is InChI=1S/C18H19N3O3S/c1-4-10-19-18-21(11-5-2)17(23)15(25-18)12-16(22)20-13-6-8-14(24-3)9-7-13/h4-9,12H,1-2,10-11H2,3H3,(H,20,22)/b15-12-,19-18?. The Balaban J connectivity index is 2.12. The normalized spacial score (nSPS) is 17.0. The molecule has 7 heteroatoms. The predicted octanol–water partition coefficient (Wildman–Crippen LogP) is 2.82. The number of benzene rings is 1. The minimum Gasteiger partial charge on any atom is -0.497 e. The first kappa shape index (κ1) is 18.5. The van der Waals surface area contributed by atoms with Crippen molar-refractivity contribution in [3.63, 3.8) is 0 Å². The van der Waals surface area contributed by atoms with Gasteiger partial charge in [0.05, 0.1) is 18.6 Å². The molecule has 2 rings (SSSR count). The van der Waals surface area contributed by atoms with Crippen molar-refractivity contribution in [2.75, 3.05) is 25.5 Å². The molecule has 2 amide bonds. The Morgan fingerprint density at radius 2 is 2.04 bits per heavy atom. The van der Waals surface area contributed by atoms with Gasteiger partial charge in [-0.05, 0) is 36.0 Å². The van der Waals surface area contributed by atoms with E-state index >= 15 is 0 Å². The van der Waals surface area contributed by atoms with E-state index in [1.165, 1.54) is 11.0 Å². The molecule has 1 aliphatic heterocycles. The van der Waals surface area contributed by atoms with Crippen LogP contribution in [0, 0.1) is 0 Å². The number of methoxy groups -OCH3 is 1. The average Bonchev–Trinajstić information content (AvgIpc) is 2.89. The highest BCUT2D eigenvalue weighted by molar-refractivity contribution is 8.18. The van der Waals surface area contributed by atoms with Gasteiger partial charge in [-0.3, -0.25) is 19.5 Å². The van der Waals surface area contributed by atoms with E-state index in [1.54, 1.807) is 43.5 Å². The summed E-state index contributed by atoms with van der Waals surface area (Å²) in [5.74, 6) is 0.0446. The minimum atomic E-state index is -0.385. The highest BCUT2D eigenvalue weighted by Crippen LogP contribution is 2.30. The second-order valence-electron chi connectivity index (χ2n) is 4.94. The molecule has 0 saturated carbocycles. The highest BCUT2D eigenvalue weighted by Gasteiger charge is 2.32. The number of nitrogens with one attached hydrogen (secondary N) is 1. The van der Waals surface area contributed by atoms with Crippen LogP contribution in [0.4, 0.5) is 5.69 Å². The number of aliphatic imine (C=N–C) groups is 1. The number of nitrogens with zero attached hydrogens (tertiary/aromatic N) is 2. The summed E-state index contributed by atoms with van der Waals surface area (Å²) in [6.07, 6.45) is 4.54. The van der Waals surface area contributed by atoms with E-state index in [2.05, 4.69) is 23.5 Å². The van der Waals surface area contributed by atoms with Crippen molar-refractivity contribution in [1.82, 2.24) is 4.90 Å². The molecule has 0 atom stereocenters. The van der Waals surface area contributed by atoms with E-state index < -0.39 is 0 Å². The zero-order valence-corrected chi connectivity index (χ0v) is 14.7. The summed E-state index contributed by atoms with van der Waals surface area (Å²) in [6, 6.07) is 6.92. The van der Waals surface area contributed by atoms with Crippen LogP contribution in [0.2, 0.25) is 0 Å². The number of hydrogen-bond donors (Lipinski definition) is 1. The fraction of sp³-hybridized carbons (Fsp3) is 0.167. The SMILES string of the molecule is C=CCN=C1S/C(=C\C(=O)Nc2ccc(OC)cc2)C(=O)N1CC=C. The first-order valence-corrected chi connectivity index (χ1v) is 8.33. The zero-order valence-electron chi connectivity index (χ0n) is 13.9. The van der Waals surface area contributed by atoms with Crippen molar-refractivity contribution in [3.8, 4) is 5.75 Å². The molecule has 0 radical (unpaired) electrons. The van der Waals surface area contributed by atoms with Gasteiger partial charge in [0.2, 0.25) is 5.91 Å². The highest BCUT2D eigenvalue weighted by atomic mass is 32.2. The summed E-state index contributed by atoms with van der Waals surface area (Å²) in [7, 11) is 1.57. The van der Waals surface area contributed by atoms with Crippen LogP contribution >= 0.6 is 11.8 Å².